The van der Waals surface area contributed by atoms with Crippen LogP contribution in [0.5, 0.6) is 0 Å². The quantitative estimate of drug-likeness (QED) is 0.0233. The zero-order valence-corrected chi connectivity index (χ0v) is 30.0. The van der Waals surface area contributed by atoms with Gasteiger partial charge in [0.25, 0.3) is 5.78 Å². The predicted octanol–water partition coefficient (Wildman–Crippen LogP) is -1.28. The van der Waals surface area contributed by atoms with Gasteiger partial charge in [0, 0.05) is 6.58 Å². The minimum atomic E-state index is -1.55. The van der Waals surface area contributed by atoms with Crippen molar-refractivity contribution in [2.45, 2.75) is 46.8 Å². The van der Waals surface area contributed by atoms with Crippen LogP contribution in [0.4, 0.5) is 0 Å². The van der Waals surface area contributed by atoms with E-state index in [1.165, 1.54) is 20.8 Å². The molecule has 0 aliphatic heterocycles. The van der Waals surface area contributed by atoms with Gasteiger partial charge in [-0.3, -0.25) is 4.79 Å². The standard InChI is InChI=1S/C22H26O13.C8H11O4.C3H8O3/c1-7-30-18(25)13(5)20(27)34-11-15(35-21(28)14(6)19(26)31-8-2)10-33-17(24)12(4)16(23)22(29)32-9-3;1-4-11-7(9)6(3)8(10)12-5-2;4-1-3(6)2-5/h15H,4-11H2,1-3H3;3H,4-5H2,1-2H3;3-6H,1-2H2/q;+1;. The summed E-state index contributed by atoms with van der Waals surface area (Å²) < 4.78 is 37.2. The molecule has 0 fully saturated rings. The van der Waals surface area contributed by atoms with Crippen LogP contribution in [0.2, 0.25) is 0 Å². The fourth-order valence-electron chi connectivity index (χ4n) is 2.42. The Morgan fingerprint density at radius 1 is 0.491 bits per heavy atom. The van der Waals surface area contributed by atoms with E-state index in [-0.39, 0.29) is 46.2 Å². The number of Topliss-reactive ketones (excluding diaryl/α,β-unsaturated/α-hetero) is 1. The van der Waals surface area contributed by atoms with E-state index in [2.05, 4.69) is 43.4 Å². The second kappa shape index (κ2) is 29.9. The lowest BCUT2D eigenvalue weighted by Gasteiger charge is -2.18. The van der Waals surface area contributed by atoms with Gasteiger partial charge < -0.3 is 53.2 Å². The van der Waals surface area contributed by atoms with E-state index in [1.807, 2.05) is 0 Å². The molecule has 20 heteroatoms. The summed E-state index contributed by atoms with van der Waals surface area (Å²) in [5.74, 6) is -10.4. The minimum Gasteiger partial charge on any atom is -0.462 e. The number of carbonyl (C=O) groups excluding carboxylic acids is 9. The predicted molar refractivity (Wildman–Crippen MR) is 175 cm³/mol. The van der Waals surface area contributed by atoms with Crippen LogP contribution in [0.25, 0.3) is 0 Å². The number of hydrogen-bond donors (Lipinski definition) is 3. The van der Waals surface area contributed by atoms with Crippen LogP contribution in [-0.2, 0) is 81.0 Å². The van der Waals surface area contributed by atoms with Crippen LogP contribution in [0, 0.1) is 6.58 Å². The highest BCUT2D eigenvalue weighted by molar-refractivity contribution is 6.46. The van der Waals surface area contributed by atoms with Crippen LogP contribution in [-0.4, -0.2) is 141 Å². The monoisotopic (exact) mass is 761 g/mol. The number of esters is 8. The van der Waals surface area contributed by atoms with E-state index < -0.39 is 101 Å². The van der Waals surface area contributed by atoms with Crippen LogP contribution in [0.1, 0.15) is 34.6 Å². The number of hydrogen-bond acceptors (Lipinski definition) is 20. The molecule has 0 heterocycles. The Hall–Kier alpha value is -5.82. The largest absolute Gasteiger partial charge is 0.467 e. The number of ether oxygens (including phenoxy) is 8. The molecule has 0 saturated heterocycles. The summed E-state index contributed by atoms with van der Waals surface area (Å²) in [4.78, 5) is 104. The SMILES string of the molecule is C=C(C(=O)OCC)C(=O)OCC(COC(=O)C(=C)C(=O)C(=O)OCC)OC(=O)C(=C)C(=O)OCC.OCC(O)CO.[CH+]=C(C(=O)OCC)C(=O)OCC. The normalized spacial score (nSPS) is 10.1. The van der Waals surface area contributed by atoms with Crippen molar-refractivity contribution in [3.05, 3.63) is 48.6 Å². The molecule has 0 rings (SSSR count). The molecule has 20 nitrogen and oxygen atoms in total. The van der Waals surface area contributed by atoms with Gasteiger partial charge in [0.1, 0.15) is 49.3 Å². The third kappa shape index (κ3) is 22.6. The topological polar surface area (TPSA) is 288 Å². The van der Waals surface area contributed by atoms with Gasteiger partial charge in [-0.05, 0) is 34.6 Å². The van der Waals surface area contributed by atoms with Gasteiger partial charge in [0.15, 0.2) is 6.10 Å². The van der Waals surface area contributed by atoms with E-state index in [1.54, 1.807) is 13.8 Å². The van der Waals surface area contributed by atoms with Crippen LogP contribution in [0.15, 0.2) is 42.0 Å². The second-order valence-electron chi connectivity index (χ2n) is 9.02. The summed E-state index contributed by atoms with van der Waals surface area (Å²) in [5, 5.41) is 24.0. The van der Waals surface area contributed by atoms with Gasteiger partial charge >= 0.3 is 53.3 Å². The first kappa shape index (κ1) is 51.5. The lowest BCUT2D eigenvalue weighted by Crippen LogP contribution is -2.34. The summed E-state index contributed by atoms with van der Waals surface area (Å²) in [6, 6.07) is 0. The average Bonchev–Trinajstić information content (AvgIpc) is 3.14. The van der Waals surface area contributed by atoms with E-state index >= 15 is 0 Å². The molecular weight excluding hydrogens is 716 g/mol. The van der Waals surface area contributed by atoms with Gasteiger partial charge in [-0.1, -0.05) is 19.7 Å². The van der Waals surface area contributed by atoms with E-state index in [4.69, 9.17) is 36.1 Å². The van der Waals surface area contributed by atoms with Crippen LogP contribution in [0.3, 0.4) is 0 Å². The lowest BCUT2D eigenvalue weighted by atomic mass is 10.2. The van der Waals surface area contributed by atoms with Crippen LogP contribution >= 0.6 is 0 Å². The first-order valence-electron chi connectivity index (χ1n) is 15.4. The zero-order valence-electron chi connectivity index (χ0n) is 30.0. The Kier molecular flexibility index (Phi) is 29.0. The third-order valence-corrected chi connectivity index (χ3v) is 5.00. The minimum absolute atomic E-state index is 0.0360. The Labute approximate surface area is 304 Å². The highest BCUT2D eigenvalue weighted by Gasteiger charge is 2.31. The van der Waals surface area contributed by atoms with Gasteiger partial charge in [-0.15, -0.1) is 0 Å². The maximum absolute atomic E-state index is 12.2. The van der Waals surface area contributed by atoms with Crippen molar-refractivity contribution in [1.82, 2.24) is 0 Å². The highest BCUT2D eigenvalue weighted by Crippen LogP contribution is 2.08. The zero-order chi connectivity index (χ0) is 41.7. The van der Waals surface area contributed by atoms with Gasteiger partial charge in [0.05, 0.1) is 33.0 Å². The van der Waals surface area contributed by atoms with Gasteiger partial charge in [-0.2, -0.15) is 9.59 Å². The smallest absolute Gasteiger partial charge is 0.462 e. The molecule has 0 aliphatic rings. The molecule has 0 bridgehead atoms. The van der Waals surface area contributed by atoms with Crippen LogP contribution < -0.4 is 0 Å². The summed E-state index contributed by atoms with van der Waals surface area (Å²) in [6.45, 7) is 20.2. The summed E-state index contributed by atoms with van der Waals surface area (Å²) in [7, 11) is 0. The van der Waals surface area contributed by atoms with Crippen molar-refractivity contribution in [2.24, 2.45) is 0 Å². The Balaban J connectivity index is -0.00000113. The Morgan fingerprint density at radius 2 is 0.792 bits per heavy atom. The average molecular weight is 762 g/mol. The Bertz CT molecular complexity index is 1320. The fraction of sp³-hybridized carbons (Fsp3) is 0.485. The lowest BCUT2D eigenvalue weighted by molar-refractivity contribution is -0.164. The number of ketones is 1. The van der Waals surface area contributed by atoms with Gasteiger partial charge in [0.2, 0.25) is 0 Å². The molecule has 1 unspecified atom stereocenters. The first-order chi connectivity index (χ1) is 24.8. The molecule has 53 heavy (non-hydrogen) atoms. The molecule has 0 aromatic carbocycles. The van der Waals surface area contributed by atoms with E-state index in [9.17, 15) is 43.2 Å². The number of carbonyl (C=O) groups is 9. The third-order valence-electron chi connectivity index (χ3n) is 5.00. The van der Waals surface area contributed by atoms with Crippen molar-refractivity contribution >= 4 is 53.5 Å². The maximum atomic E-state index is 12.2. The molecule has 296 valence electrons. The highest BCUT2D eigenvalue weighted by atomic mass is 16.6. The van der Waals surface area contributed by atoms with Gasteiger partial charge in [-0.25, -0.2) is 28.8 Å². The summed E-state index contributed by atoms with van der Waals surface area (Å²) >= 11 is 0. The van der Waals surface area contributed by atoms with Crippen molar-refractivity contribution in [1.29, 1.82) is 0 Å². The van der Waals surface area contributed by atoms with Crippen molar-refractivity contribution in [2.75, 3.05) is 59.5 Å². The Morgan fingerprint density at radius 3 is 1.13 bits per heavy atom. The summed E-state index contributed by atoms with van der Waals surface area (Å²) in [6.07, 6.45) is -2.51. The van der Waals surface area contributed by atoms with E-state index in [0.29, 0.717) is 0 Å². The number of aliphatic hydroxyl groups is 3. The van der Waals surface area contributed by atoms with Crippen molar-refractivity contribution < 1.29 is 96.4 Å². The molecule has 1 atom stereocenters. The molecule has 0 radical (unpaired) electrons. The molecular formula is C33H45O20+. The molecule has 0 aromatic rings. The number of rotatable bonds is 21. The molecule has 0 spiro atoms. The molecule has 0 aromatic heterocycles. The molecule has 3 N–H and O–H groups in total. The van der Waals surface area contributed by atoms with E-state index in [0.717, 1.165) is 0 Å². The summed E-state index contributed by atoms with van der Waals surface area (Å²) in [5.41, 5.74) is -2.78. The molecule has 0 amide bonds. The molecule has 0 saturated carbocycles. The second-order valence-corrected chi connectivity index (χ2v) is 9.02. The first-order valence-corrected chi connectivity index (χ1v) is 15.4. The number of aliphatic hydroxyl groups excluding tert-OH is 3. The maximum Gasteiger partial charge on any atom is 0.467 e. The fourth-order valence-corrected chi connectivity index (χ4v) is 2.42. The van der Waals surface area contributed by atoms with Crippen molar-refractivity contribution in [3.8, 4) is 0 Å². The molecule has 0 aliphatic carbocycles. The van der Waals surface area contributed by atoms with Crippen molar-refractivity contribution in [3.63, 3.8) is 0 Å².